The Balaban J connectivity index is 1.69. The maximum Gasteiger partial charge on any atom is 0.416 e. The van der Waals surface area contributed by atoms with Gasteiger partial charge in [0.2, 0.25) is 5.91 Å². The van der Waals surface area contributed by atoms with Crippen molar-refractivity contribution < 1.29 is 22.7 Å². The summed E-state index contributed by atoms with van der Waals surface area (Å²) in [4.78, 5) is 15.1. The molecule has 0 aliphatic carbocycles. The number of tetrazole rings is 1. The van der Waals surface area contributed by atoms with E-state index in [0.717, 1.165) is 12.1 Å². The number of rotatable bonds is 8. The van der Waals surface area contributed by atoms with Crippen molar-refractivity contribution in [1.29, 1.82) is 0 Å². The maximum absolute atomic E-state index is 13.2. The first-order chi connectivity index (χ1) is 15.2. The molecule has 0 radical (unpaired) electrons. The standard InChI is InChI=1S/C22H22F3N5O2/c1-16-26-28-30(27-16)15-18-14-19(22(23,24)25)10-8-17(18)9-11-21(31)29(2)12-13-32-20-6-4-3-5-7-20/h3-11,14H,12-13,15H2,1-2H3. The van der Waals surface area contributed by atoms with E-state index in [0.29, 0.717) is 35.9 Å². The Labute approximate surface area is 183 Å². The number of alkyl halides is 3. The molecule has 1 amide bonds. The summed E-state index contributed by atoms with van der Waals surface area (Å²) < 4.78 is 45.1. The number of carbonyl (C=O) groups is 1. The zero-order chi connectivity index (χ0) is 23.1. The van der Waals surface area contributed by atoms with Gasteiger partial charge < -0.3 is 9.64 Å². The van der Waals surface area contributed by atoms with Crippen LogP contribution in [-0.4, -0.2) is 51.2 Å². The van der Waals surface area contributed by atoms with Crippen LogP contribution in [0.2, 0.25) is 0 Å². The van der Waals surface area contributed by atoms with Crippen molar-refractivity contribution in [3.05, 3.63) is 77.1 Å². The van der Waals surface area contributed by atoms with Gasteiger partial charge in [-0.05, 0) is 53.6 Å². The maximum atomic E-state index is 13.2. The summed E-state index contributed by atoms with van der Waals surface area (Å²) in [5.41, 5.74) is -0.0189. The SMILES string of the molecule is Cc1nnn(Cc2cc(C(F)(F)F)ccc2C=CC(=O)N(C)CCOc2ccccc2)n1. The van der Waals surface area contributed by atoms with Gasteiger partial charge in [-0.2, -0.15) is 18.0 Å². The van der Waals surface area contributed by atoms with Gasteiger partial charge in [0.05, 0.1) is 18.7 Å². The summed E-state index contributed by atoms with van der Waals surface area (Å²) in [6, 6.07) is 12.5. The van der Waals surface area contributed by atoms with Gasteiger partial charge in [-0.1, -0.05) is 24.3 Å². The zero-order valence-electron chi connectivity index (χ0n) is 17.6. The number of ether oxygens (including phenoxy) is 1. The van der Waals surface area contributed by atoms with Gasteiger partial charge in [-0.15, -0.1) is 10.2 Å². The number of aromatic nitrogens is 4. The lowest BCUT2D eigenvalue weighted by atomic mass is 10.0. The highest BCUT2D eigenvalue weighted by Gasteiger charge is 2.31. The number of halogens is 3. The van der Waals surface area contributed by atoms with Gasteiger partial charge in [0.1, 0.15) is 12.4 Å². The normalized spacial score (nSPS) is 11.7. The number of hydrogen-bond acceptors (Lipinski definition) is 5. The van der Waals surface area contributed by atoms with Crippen LogP contribution in [0, 0.1) is 6.92 Å². The van der Waals surface area contributed by atoms with Crippen LogP contribution in [0.4, 0.5) is 13.2 Å². The fraction of sp³-hybridized carbons (Fsp3) is 0.273. The topological polar surface area (TPSA) is 73.1 Å². The number of likely N-dealkylation sites (N-methyl/N-ethyl adjacent to an activating group) is 1. The van der Waals surface area contributed by atoms with Crippen LogP contribution < -0.4 is 4.74 Å². The third kappa shape index (κ3) is 6.40. The van der Waals surface area contributed by atoms with Crippen LogP contribution >= 0.6 is 0 Å². The van der Waals surface area contributed by atoms with Crippen LogP contribution in [0.3, 0.4) is 0 Å². The second kappa shape index (κ2) is 10.1. The van der Waals surface area contributed by atoms with Crippen LogP contribution in [0.15, 0.2) is 54.6 Å². The molecule has 3 aromatic rings. The van der Waals surface area contributed by atoms with Gasteiger partial charge >= 0.3 is 6.18 Å². The molecule has 1 heterocycles. The molecule has 0 saturated carbocycles. The van der Waals surface area contributed by atoms with Gasteiger partial charge in [-0.25, -0.2) is 0 Å². The molecule has 0 spiro atoms. The summed E-state index contributed by atoms with van der Waals surface area (Å²) in [5, 5.41) is 11.6. The van der Waals surface area contributed by atoms with Crippen molar-refractivity contribution in [1.82, 2.24) is 25.1 Å². The quantitative estimate of drug-likeness (QED) is 0.496. The number of hydrogen-bond donors (Lipinski definition) is 0. The average molecular weight is 445 g/mol. The fourth-order valence-electron chi connectivity index (χ4n) is 2.84. The highest BCUT2D eigenvalue weighted by atomic mass is 19.4. The number of nitrogens with zero attached hydrogens (tertiary/aromatic N) is 5. The minimum Gasteiger partial charge on any atom is -0.492 e. The molecule has 1 aromatic heterocycles. The molecule has 168 valence electrons. The Kier molecular flexibility index (Phi) is 7.24. The van der Waals surface area contributed by atoms with E-state index >= 15 is 0 Å². The third-order valence-electron chi connectivity index (χ3n) is 4.56. The number of amides is 1. The second-order valence-electron chi connectivity index (χ2n) is 7.03. The van der Waals surface area contributed by atoms with Gasteiger partial charge in [0.25, 0.3) is 0 Å². The molecule has 0 unspecified atom stereocenters. The third-order valence-corrected chi connectivity index (χ3v) is 4.56. The predicted molar refractivity (Wildman–Crippen MR) is 112 cm³/mol. The van der Waals surface area contributed by atoms with Crippen molar-refractivity contribution >= 4 is 12.0 Å². The molecule has 3 rings (SSSR count). The van der Waals surface area contributed by atoms with E-state index in [-0.39, 0.29) is 12.5 Å². The number of benzene rings is 2. The van der Waals surface area contributed by atoms with Crippen molar-refractivity contribution in [2.24, 2.45) is 0 Å². The Morgan fingerprint density at radius 3 is 2.59 bits per heavy atom. The summed E-state index contributed by atoms with van der Waals surface area (Å²) in [6.07, 6.45) is -1.69. The van der Waals surface area contributed by atoms with E-state index in [1.165, 1.54) is 27.9 Å². The van der Waals surface area contributed by atoms with E-state index in [1.807, 2.05) is 30.3 Å². The molecular weight excluding hydrogens is 423 g/mol. The molecule has 0 fully saturated rings. The first kappa shape index (κ1) is 23.0. The first-order valence-corrected chi connectivity index (χ1v) is 9.78. The number of carbonyl (C=O) groups excluding carboxylic acids is 1. The van der Waals surface area contributed by atoms with Crippen LogP contribution in [-0.2, 0) is 17.5 Å². The van der Waals surface area contributed by atoms with Crippen LogP contribution in [0.1, 0.15) is 22.5 Å². The minimum absolute atomic E-state index is 0.0145. The van der Waals surface area contributed by atoms with E-state index in [9.17, 15) is 18.0 Å². The summed E-state index contributed by atoms with van der Waals surface area (Å²) in [5.74, 6) is 0.807. The predicted octanol–water partition coefficient (Wildman–Crippen LogP) is 3.60. The van der Waals surface area contributed by atoms with Crippen molar-refractivity contribution in [3.63, 3.8) is 0 Å². The highest BCUT2D eigenvalue weighted by molar-refractivity contribution is 5.91. The molecule has 0 N–H and O–H groups in total. The van der Waals surface area contributed by atoms with E-state index in [4.69, 9.17) is 4.74 Å². The Morgan fingerprint density at radius 1 is 1.19 bits per heavy atom. The van der Waals surface area contributed by atoms with Gasteiger partial charge in [0, 0.05) is 13.1 Å². The van der Waals surface area contributed by atoms with E-state index in [1.54, 1.807) is 14.0 Å². The Bertz CT molecular complexity index is 1080. The van der Waals surface area contributed by atoms with Crippen LogP contribution in [0.5, 0.6) is 5.75 Å². The van der Waals surface area contributed by atoms with Gasteiger partial charge in [0.15, 0.2) is 5.82 Å². The summed E-state index contributed by atoms with van der Waals surface area (Å²) in [6.45, 7) is 2.27. The Morgan fingerprint density at radius 2 is 1.94 bits per heavy atom. The lowest BCUT2D eigenvalue weighted by molar-refractivity contribution is -0.137. The van der Waals surface area contributed by atoms with E-state index in [2.05, 4.69) is 15.4 Å². The van der Waals surface area contributed by atoms with Crippen LogP contribution in [0.25, 0.3) is 6.08 Å². The monoisotopic (exact) mass is 445 g/mol. The minimum atomic E-state index is -4.49. The fourth-order valence-corrected chi connectivity index (χ4v) is 2.84. The molecule has 0 aliphatic heterocycles. The molecule has 0 aliphatic rings. The summed E-state index contributed by atoms with van der Waals surface area (Å²) >= 11 is 0. The van der Waals surface area contributed by atoms with Crippen molar-refractivity contribution in [3.8, 4) is 5.75 Å². The summed E-state index contributed by atoms with van der Waals surface area (Å²) in [7, 11) is 1.62. The highest BCUT2D eigenvalue weighted by Crippen LogP contribution is 2.31. The molecule has 2 aromatic carbocycles. The molecule has 10 heteroatoms. The number of para-hydroxylation sites is 1. The Hall–Kier alpha value is -3.69. The molecule has 32 heavy (non-hydrogen) atoms. The molecular formula is C22H22F3N5O2. The van der Waals surface area contributed by atoms with Gasteiger partial charge in [-0.3, -0.25) is 4.79 Å². The number of aryl methyl sites for hydroxylation is 1. The molecule has 0 atom stereocenters. The molecule has 0 saturated heterocycles. The lowest BCUT2D eigenvalue weighted by Gasteiger charge is -2.16. The largest absolute Gasteiger partial charge is 0.492 e. The first-order valence-electron chi connectivity index (χ1n) is 9.78. The van der Waals surface area contributed by atoms with E-state index < -0.39 is 11.7 Å². The second-order valence-corrected chi connectivity index (χ2v) is 7.03. The van der Waals surface area contributed by atoms with Crippen molar-refractivity contribution in [2.75, 3.05) is 20.2 Å². The molecule has 0 bridgehead atoms. The molecule has 7 nitrogen and oxygen atoms in total. The smallest absolute Gasteiger partial charge is 0.416 e. The lowest BCUT2D eigenvalue weighted by Crippen LogP contribution is -2.29. The average Bonchev–Trinajstić information content (AvgIpc) is 3.17. The van der Waals surface area contributed by atoms with Crippen molar-refractivity contribution in [2.45, 2.75) is 19.6 Å². The zero-order valence-corrected chi connectivity index (χ0v) is 17.6.